The van der Waals surface area contributed by atoms with Gasteiger partial charge in [-0.1, -0.05) is 6.07 Å². The minimum Gasteiger partial charge on any atom is -0.366 e. The predicted molar refractivity (Wildman–Crippen MR) is 107 cm³/mol. The summed E-state index contributed by atoms with van der Waals surface area (Å²) in [4.78, 5) is 48.0. The molecule has 1 unspecified atom stereocenters. The normalized spacial score (nSPS) is 12.0. The smallest absolute Gasteiger partial charge is 0.287 e. The second-order valence-corrected chi connectivity index (χ2v) is 7.20. The zero-order chi connectivity index (χ0) is 20.4. The zero-order valence-corrected chi connectivity index (χ0v) is 15.8. The Bertz CT molecular complexity index is 1190. The van der Waals surface area contributed by atoms with E-state index in [4.69, 9.17) is 5.73 Å². The summed E-state index contributed by atoms with van der Waals surface area (Å²) in [7, 11) is 0. The number of pyridine rings is 1. The van der Waals surface area contributed by atoms with E-state index in [0.29, 0.717) is 5.82 Å². The standard InChI is InChI=1S/C19H16N6O3S/c20-18(27)17(26)13(5-11-9-29-15-8-21-6-12(11)15)24-19(28)14-7-22-10-25(14)16-3-1-2-4-23-16/h1-4,6-10,13,21H,5H2,(H2,20,27)(H,24,28). The van der Waals surface area contributed by atoms with Crippen LogP contribution in [0, 0.1) is 0 Å². The summed E-state index contributed by atoms with van der Waals surface area (Å²) >= 11 is 1.51. The number of rotatable bonds is 7. The predicted octanol–water partition coefficient (Wildman–Crippen LogP) is 1.21. The minimum absolute atomic E-state index is 0.142. The van der Waals surface area contributed by atoms with Crippen molar-refractivity contribution in [2.75, 3.05) is 0 Å². The van der Waals surface area contributed by atoms with Crippen molar-refractivity contribution in [2.45, 2.75) is 12.5 Å². The van der Waals surface area contributed by atoms with Gasteiger partial charge in [-0.25, -0.2) is 9.97 Å². The molecule has 0 saturated heterocycles. The lowest BCUT2D eigenvalue weighted by Gasteiger charge is -2.16. The first-order valence-electron chi connectivity index (χ1n) is 8.65. The van der Waals surface area contributed by atoms with Gasteiger partial charge in [0.2, 0.25) is 5.78 Å². The Morgan fingerprint density at radius 3 is 2.90 bits per heavy atom. The minimum atomic E-state index is -1.10. The molecular formula is C19H16N6O3S. The van der Waals surface area contributed by atoms with E-state index < -0.39 is 23.6 Å². The molecule has 0 bridgehead atoms. The number of nitrogens with one attached hydrogen (secondary N) is 2. The number of amides is 2. The summed E-state index contributed by atoms with van der Waals surface area (Å²) in [5.74, 6) is -2.03. The van der Waals surface area contributed by atoms with Gasteiger partial charge >= 0.3 is 0 Å². The number of fused-ring (bicyclic) bond motifs is 1. The molecule has 0 fully saturated rings. The van der Waals surface area contributed by atoms with E-state index in [1.54, 1.807) is 24.4 Å². The molecule has 4 aromatic rings. The lowest BCUT2D eigenvalue weighted by atomic mass is 10.0. The number of nitrogens with two attached hydrogens (primary N) is 1. The number of H-pyrrole nitrogens is 1. The molecule has 0 saturated carbocycles. The van der Waals surface area contributed by atoms with Crippen molar-refractivity contribution < 1.29 is 14.4 Å². The van der Waals surface area contributed by atoms with Gasteiger partial charge < -0.3 is 16.0 Å². The fraction of sp³-hybridized carbons (Fsp3) is 0.105. The van der Waals surface area contributed by atoms with Crippen molar-refractivity contribution in [3.63, 3.8) is 0 Å². The van der Waals surface area contributed by atoms with Crippen molar-refractivity contribution >= 4 is 39.0 Å². The van der Waals surface area contributed by atoms with Crippen LogP contribution >= 0.6 is 11.3 Å². The number of ketones is 1. The highest BCUT2D eigenvalue weighted by Gasteiger charge is 2.28. The van der Waals surface area contributed by atoms with Crippen molar-refractivity contribution in [3.05, 3.63) is 66.0 Å². The van der Waals surface area contributed by atoms with Crippen molar-refractivity contribution in [1.82, 2.24) is 24.8 Å². The number of aromatic amines is 1. The fourth-order valence-corrected chi connectivity index (χ4v) is 3.97. The average molecular weight is 408 g/mol. The second kappa shape index (κ2) is 7.68. The topological polar surface area (TPSA) is 136 Å². The number of primary amides is 1. The lowest BCUT2D eigenvalue weighted by molar-refractivity contribution is -0.137. The molecule has 0 spiro atoms. The van der Waals surface area contributed by atoms with Crippen LogP contribution in [0.1, 0.15) is 16.1 Å². The first kappa shape index (κ1) is 18.6. The molecule has 4 heterocycles. The molecule has 4 N–H and O–H groups in total. The van der Waals surface area contributed by atoms with Crippen molar-refractivity contribution in [1.29, 1.82) is 0 Å². The number of imidazole rings is 1. The van der Waals surface area contributed by atoms with Crippen LogP contribution in [0.5, 0.6) is 0 Å². The third-order valence-corrected chi connectivity index (χ3v) is 5.43. The second-order valence-electron chi connectivity index (χ2n) is 6.29. The molecule has 10 heteroatoms. The van der Waals surface area contributed by atoms with Crippen molar-refractivity contribution in [3.8, 4) is 5.82 Å². The molecule has 9 nitrogen and oxygen atoms in total. The van der Waals surface area contributed by atoms with E-state index in [1.807, 2.05) is 17.8 Å². The molecule has 0 aromatic carbocycles. The molecule has 0 aliphatic rings. The van der Waals surface area contributed by atoms with Crippen LogP contribution in [0.15, 0.2) is 54.7 Å². The van der Waals surface area contributed by atoms with Gasteiger partial charge in [-0.15, -0.1) is 11.3 Å². The van der Waals surface area contributed by atoms with Crippen LogP contribution in [0.2, 0.25) is 0 Å². The maximum absolute atomic E-state index is 12.9. The molecule has 1 atom stereocenters. The third kappa shape index (κ3) is 3.65. The first-order chi connectivity index (χ1) is 14.0. The van der Waals surface area contributed by atoms with Crippen LogP contribution in [-0.2, 0) is 16.0 Å². The highest BCUT2D eigenvalue weighted by atomic mass is 32.1. The van der Waals surface area contributed by atoms with Crippen LogP contribution in [0.25, 0.3) is 15.9 Å². The number of nitrogens with zero attached hydrogens (tertiary/aromatic N) is 3. The van der Waals surface area contributed by atoms with Gasteiger partial charge in [0.25, 0.3) is 11.8 Å². The quantitative estimate of drug-likeness (QED) is 0.395. The first-order valence-corrected chi connectivity index (χ1v) is 9.53. The maximum atomic E-state index is 12.9. The zero-order valence-electron chi connectivity index (χ0n) is 15.0. The molecular weight excluding hydrogens is 392 g/mol. The van der Waals surface area contributed by atoms with Gasteiger partial charge in [0.05, 0.1) is 10.9 Å². The molecule has 0 radical (unpaired) electrons. The van der Waals surface area contributed by atoms with E-state index in [9.17, 15) is 14.4 Å². The summed E-state index contributed by atoms with van der Waals surface area (Å²) in [6.45, 7) is 0. The Kier molecular flexibility index (Phi) is 4.92. The molecule has 0 aliphatic carbocycles. The summed E-state index contributed by atoms with van der Waals surface area (Å²) in [6.07, 6.45) is 8.21. The summed E-state index contributed by atoms with van der Waals surface area (Å²) in [6, 6.07) is 4.16. The van der Waals surface area contributed by atoms with Crippen LogP contribution in [-0.4, -0.2) is 43.2 Å². The highest BCUT2D eigenvalue weighted by molar-refractivity contribution is 7.17. The lowest BCUT2D eigenvalue weighted by Crippen LogP contribution is -2.47. The van der Waals surface area contributed by atoms with Gasteiger partial charge in [0.1, 0.15) is 23.9 Å². The monoisotopic (exact) mass is 408 g/mol. The number of thiophene rings is 1. The maximum Gasteiger partial charge on any atom is 0.287 e. The Hall–Kier alpha value is -3.79. The Labute approximate surface area is 168 Å². The van der Waals surface area contributed by atoms with E-state index in [-0.39, 0.29) is 12.1 Å². The molecule has 146 valence electrons. The summed E-state index contributed by atoms with van der Waals surface area (Å²) in [5, 5.41) is 5.45. The molecule has 4 rings (SSSR count). The molecule has 29 heavy (non-hydrogen) atoms. The third-order valence-electron chi connectivity index (χ3n) is 4.44. The van der Waals surface area contributed by atoms with Crippen LogP contribution in [0.4, 0.5) is 0 Å². The van der Waals surface area contributed by atoms with Gasteiger partial charge in [-0.2, -0.15) is 0 Å². The average Bonchev–Trinajstić information content (AvgIpc) is 3.45. The molecule has 2 amide bonds. The van der Waals surface area contributed by atoms with E-state index in [1.165, 1.54) is 28.4 Å². The number of hydrogen-bond acceptors (Lipinski definition) is 6. The van der Waals surface area contributed by atoms with Gasteiger partial charge in [-0.05, 0) is 23.1 Å². The van der Waals surface area contributed by atoms with Crippen LogP contribution < -0.4 is 11.1 Å². The van der Waals surface area contributed by atoms with Gasteiger partial charge in [-0.3, -0.25) is 19.0 Å². The van der Waals surface area contributed by atoms with E-state index in [0.717, 1.165) is 15.6 Å². The highest BCUT2D eigenvalue weighted by Crippen LogP contribution is 2.26. The fourth-order valence-electron chi connectivity index (χ4n) is 3.03. The number of aromatic nitrogens is 4. The number of hydrogen-bond donors (Lipinski definition) is 3. The summed E-state index contributed by atoms with van der Waals surface area (Å²) in [5.41, 5.74) is 6.22. The van der Waals surface area contributed by atoms with Crippen LogP contribution in [0.3, 0.4) is 0 Å². The molecule has 4 aromatic heterocycles. The Morgan fingerprint density at radius 1 is 1.28 bits per heavy atom. The largest absolute Gasteiger partial charge is 0.366 e. The van der Waals surface area contributed by atoms with Crippen molar-refractivity contribution in [2.24, 2.45) is 5.73 Å². The van der Waals surface area contributed by atoms with Gasteiger partial charge in [0, 0.05) is 30.4 Å². The number of Topliss-reactive ketones (excluding diaryl/α,β-unsaturated/α-hetero) is 1. The summed E-state index contributed by atoms with van der Waals surface area (Å²) < 4.78 is 2.51. The Balaban J connectivity index is 1.61. The van der Waals surface area contributed by atoms with E-state index in [2.05, 4.69) is 20.3 Å². The van der Waals surface area contributed by atoms with E-state index >= 15 is 0 Å². The van der Waals surface area contributed by atoms with Gasteiger partial charge in [0.15, 0.2) is 0 Å². The number of carbonyl (C=O) groups is 3. The Morgan fingerprint density at radius 2 is 2.14 bits per heavy atom. The SMILES string of the molecule is NC(=O)C(=O)C(Cc1csc2c[nH]cc12)NC(=O)c1cncn1-c1ccccn1. The molecule has 0 aliphatic heterocycles. The number of carbonyl (C=O) groups excluding carboxylic acids is 3.